The van der Waals surface area contributed by atoms with Gasteiger partial charge in [-0.3, -0.25) is 14.9 Å². The van der Waals surface area contributed by atoms with Crippen LogP contribution in [0.1, 0.15) is 11.1 Å². The van der Waals surface area contributed by atoms with E-state index >= 15 is 0 Å². The monoisotopic (exact) mass is 526 g/mol. The highest BCUT2D eigenvalue weighted by molar-refractivity contribution is 9.10. The van der Waals surface area contributed by atoms with E-state index in [9.17, 15) is 19.5 Å². The summed E-state index contributed by atoms with van der Waals surface area (Å²) in [5, 5.41) is 12.8. The minimum absolute atomic E-state index is 0.116. The molecule has 0 spiro atoms. The number of phenols is 1. The van der Waals surface area contributed by atoms with E-state index < -0.39 is 17.8 Å². The maximum absolute atomic E-state index is 13.0. The molecule has 1 aliphatic rings. The van der Waals surface area contributed by atoms with E-state index in [1.165, 1.54) is 24.3 Å². The molecule has 4 amide bonds. The van der Waals surface area contributed by atoms with Gasteiger partial charge in [-0.15, -0.1) is 0 Å². The lowest BCUT2D eigenvalue weighted by molar-refractivity contribution is -0.122. The van der Waals surface area contributed by atoms with Gasteiger partial charge in [-0.05, 0) is 54.6 Å². The number of hydrogen-bond acceptors (Lipinski definition) is 5. The van der Waals surface area contributed by atoms with Gasteiger partial charge in [0.1, 0.15) is 23.7 Å². The summed E-state index contributed by atoms with van der Waals surface area (Å²) in [6, 6.07) is 17.3. The van der Waals surface area contributed by atoms with Gasteiger partial charge in [-0.2, -0.15) is 0 Å². The molecule has 166 valence electrons. The number of imide groups is 2. The average Bonchev–Trinajstić information content (AvgIpc) is 2.79. The van der Waals surface area contributed by atoms with Crippen molar-refractivity contribution in [1.82, 2.24) is 5.32 Å². The van der Waals surface area contributed by atoms with Gasteiger partial charge in [0.15, 0.2) is 0 Å². The Kier molecular flexibility index (Phi) is 6.48. The van der Waals surface area contributed by atoms with E-state index in [0.29, 0.717) is 15.2 Å². The molecule has 0 aromatic heterocycles. The number of phenolic OH excluding ortho intramolecular Hbond substituents is 1. The highest BCUT2D eigenvalue weighted by Gasteiger charge is 2.37. The number of carbonyl (C=O) groups excluding carboxylic acids is 3. The van der Waals surface area contributed by atoms with Crippen molar-refractivity contribution in [1.29, 1.82) is 0 Å². The molecule has 3 aromatic carbocycles. The van der Waals surface area contributed by atoms with Crippen LogP contribution in [0.15, 0.2) is 76.8 Å². The summed E-state index contributed by atoms with van der Waals surface area (Å²) in [4.78, 5) is 38.6. The molecule has 7 nitrogen and oxygen atoms in total. The van der Waals surface area contributed by atoms with E-state index in [2.05, 4.69) is 21.2 Å². The number of nitrogens with zero attached hydrogens (tertiary/aromatic N) is 1. The predicted molar refractivity (Wildman–Crippen MR) is 127 cm³/mol. The summed E-state index contributed by atoms with van der Waals surface area (Å²) in [7, 11) is 0. The quantitative estimate of drug-likeness (QED) is 0.357. The number of rotatable bonds is 5. The standard InChI is InChI=1S/C24H16BrClN2O5/c25-16-5-10-21(29)15(11-16)12-19-22(30)27-24(32)28(23(19)31)17-6-8-18(9-7-17)33-13-14-3-1-2-4-20(14)26/h1-12,29H,13H2,(H,27,30,32)/b19-12+. The summed E-state index contributed by atoms with van der Waals surface area (Å²) < 4.78 is 6.37. The van der Waals surface area contributed by atoms with Crippen LogP contribution in [0.4, 0.5) is 10.5 Å². The van der Waals surface area contributed by atoms with Crippen LogP contribution in [0.25, 0.3) is 6.08 Å². The molecule has 4 rings (SSSR count). The number of carbonyl (C=O) groups is 3. The Bertz CT molecular complexity index is 1290. The summed E-state index contributed by atoms with van der Waals surface area (Å²) in [5.74, 6) is -1.27. The fourth-order valence-electron chi connectivity index (χ4n) is 3.16. The number of ether oxygens (including phenoxy) is 1. The van der Waals surface area contributed by atoms with Crippen molar-refractivity contribution in [3.8, 4) is 11.5 Å². The van der Waals surface area contributed by atoms with E-state index in [-0.39, 0.29) is 29.2 Å². The first kappa shape index (κ1) is 22.6. The summed E-state index contributed by atoms with van der Waals surface area (Å²) in [6.07, 6.45) is 1.23. The molecule has 1 heterocycles. The molecule has 1 aliphatic heterocycles. The Balaban J connectivity index is 1.56. The zero-order valence-electron chi connectivity index (χ0n) is 16.9. The third-order valence-corrected chi connectivity index (χ3v) is 5.70. The maximum Gasteiger partial charge on any atom is 0.335 e. The number of hydrogen-bond donors (Lipinski definition) is 2. The molecule has 0 radical (unpaired) electrons. The molecular weight excluding hydrogens is 512 g/mol. The molecule has 1 saturated heterocycles. The largest absolute Gasteiger partial charge is 0.507 e. The van der Waals surface area contributed by atoms with Crippen LogP contribution in [0.2, 0.25) is 5.02 Å². The first-order chi connectivity index (χ1) is 15.8. The maximum atomic E-state index is 13.0. The molecular formula is C24H16BrClN2O5. The van der Waals surface area contributed by atoms with Crippen molar-refractivity contribution in [3.05, 3.63) is 92.9 Å². The number of aromatic hydroxyl groups is 1. The summed E-state index contributed by atoms with van der Waals surface area (Å²) >= 11 is 9.41. The van der Waals surface area contributed by atoms with Crippen molar-refractivity contribution in [2.75, 3.05) is 4.90 Å². The lowest BCUT2D eigenvalue weighted by Gasteiger charge is -2.26. The molecule has 3 aromatic rings. The molecule has 2 N–H and O–H groups in total. The lowest BCUT2D eigenvalue weighted by atomic mass is 10.1. The second kappa shape index (κ2) is 9.48. The fourth-order valence-corrected chi connectivity index (χ4v) is 3.73. The number of amides is 4. The fraction of sp³-hybridized carbons (Fsp3) is 0.0417. The summed E-state index contributed by atoms with van der Waals surface area (Å²) in [6.45, 7) is 0.250. The van der Waals surface area contributed by atoms with Gasteiger partial charge >= 0.3 is 6.03 Å². The lowest BCUT2D eigenvalue weighted by Crippen LogP contribution is -2.54. The number of urea groups is 1. The number of nitrogens with one attached hydrogen (secondary N) is 1. The van der Waals surface area contributed by atoms with Gasteiger partial charge in [-0.1, -0.05) is 45.7 Å². The van der Waals surface area contributed by atoms with E-state index in [1.54, 1.807) is 30.3 Å². The zero-order chi connectivity index (χ0) is 23.5. The Morgan fingerprint density at radius 1 is 1.03 bits per heavy atom. The third-order valence-electron chi connectivity index (χ3n) is 4.84. The predicted octanol–water partition coefficient (Wildman–Crippen LogP) is 5.05. The van der Waals surface area contributed by atoms with E-state index in [0.717, 1.165) is 10.5 Å². The van der Waals surface area contributed by atoms with Gasteiger partial charge in [0, 0.05) is 20.6 Å². The zero-order valence-corrected chi connectivity index (χ0v) is 19.3. The SMILES string of the molecule is O=C1NC(=O)N(c2ccc(OCc3ccccc3Cl)cc2)C(=O)/C1=C/c1cc(Br)ccc1O. The van der Waals surface area contributed by atoms with Crippen molar-refractivity contribution in [2.24, 2.45) is 0 Å². The highest BCUT2D eigenvalue weighted by atomic mass is 79.9. The Labute approximate surface area is 202 Å². The van der Waals surface area contributed by atoms with Crippen molar-refractivity contribution >= 4 is 57.1 Å². The minimum Gasteiger partial charge on any atom is -0.507 e. The van der Waals surface area contributed by atoms with E-state index in [1.807, 2.05) is 18.2 Å². The minimum atomic E-state index is -0.870. The van der Waals surface area contributed by atoms with Crippen molar-refractivity contribution < 1.29 is 24.2 Å². The van der Waals surface area contributed by atoms with Crippen LogP contribution in [0.3, 0.4) is 0 Å². The Morgan fingerprint density at radius 3 is 2.48 bits per heavy atom. The van der Waals surface area contributed by atoms with Crippen molar-refractivity contribution in [2.45, 2.75) is 6.61 Å². The van der Waals surface area contributed by atoms with Crippen LogP contribution >= 0.6 is 27.5 Å². The van der Waals surface area contributed by atoms with Gasteiger partial charge in [-0.25, -0.2) is 9.69 Å². The molecule has 0 unspecified atom stereocenters. The van der Waals surface area contributed by atoms with Gasteiger partial charge in [0.25, 0.3) is 11.8 Å². The molecule has 33 heavy (non-hydrogen) atoms. The van der Waals surface area contributed by atoms with Crippen LogP contribution in [-0.4, -0.2) is 23.0 Å². The normalized spacial score (nSPS) is 15.0. The third kappa shape index (κ3) is 4.92. The summed E-state index contributed by atoms with van der Waals surface area (Å²) in [5.41, 5.74) is 1.03. The van der Waals surface area contributed by atoms with Crippen LogP contribution in [-0.2, 0) is 16.2 Å². The van der Waals surface area contributed by atoms with Crippen LogP contribution < -0.4 is 15.0 Å². The Morgan fingerprint density at radius 2 is 1.76 bits per heavy atom. The number of benzene rings is 3. The molecule has 1 fully saturated rings. The molecule has 0 atom stereocenters. The van der Waals surface area contributed by atoms with Crippen LogP contribution in [0.5, 0.6) is 11.5 Å². The van der Waals surface area contributed by atoms with Gasteiger partial charge in [0.2, 0.25) is 0 Å². The number of anilines is 1. The van der Waals surface area contributed by atoms with Gasteiger partial charge in [0.05, 0.1) is 5.69 Å². The van der Waals surface area contributed by atoms with Crippen molar-refractivity contribution in [3.63, 3.8) is 0 Å². The first-order valence-electron chi connectivity index (χ1n) is 9.70. The molecule has 0 bridgehead atoms. The van der Waals surface area contributed by atoms with E-state index in [4.69, 9.17) is 16.3 Å². The first-order valence-corrected chi connectivity index (χ1v) is 10.9. The molecule has 9 heteroatoms. The van der Waals surface area contributed by atoms with Crippen LogP contribution in [0, 0.1) is 0 Å². The topological polar surface area (TPSA) is 95.9 Å². The number of halogens is 2. The van der Waals surface area contributed by atoms with Gasteiger partial charge < -0.3 is 9.84 Å². The number of barbiturate groups is 1. The highest BCUT2D eigenvalue weighted by Crippen LogP contribution is 2.28. The Hall–Kier alpha value is -3.62. The molecule has 0 saturated carbocycles. The second-order valence-corrected chi connectivity index (χ2v) is 8.36. The second-order valence-electron chi connectivity index (χ2n) is 7.03. The molecule has 0 aliphatic carbocycles. The average molecular weight is 528 g/mol. The smallest absolute Gasteiger partial charge is 0.335 e.